The Labute approximate surface area is 235 Å². The average Bonchev–Trinajstić information content (AvgIpc) is 2.91. The van der Waals surface area contributed by atoms with Crippen molar-refractivity contribution in [3.05, 3.63) is 12.2 Å². The quantitative estimate of drug-likeness (QED) is 0.0491. The van der Waals surface area contributed by atoms with Crippen molar-refractivity contribution in [2.24, 2.45) is 5.92 Å². The summed E-state index contributed by atoms with van der Waals surface area (Å²) in [6.07, 6.45) is 47.0. The fourth-order valence-corrected chi connectivity index (χ4v) is 5.65. The topological polar surface area (TPSA) is 17.1 Å². The highest BCUT2D eigenvalue weighted by atomic mass is 16.1. The molecular formula is C36H70O. The number of unbranched alkanes of at least 4 members (excludes halogenated alkanes) is 24. The van der Waals surface area contributed by atoms with E-state index < -0.39 is 0 Å². The van der Waals surface area contributed by atoms with Crippen molar-refractivity contribution < 1.29 is 4.79 Å². The van der Waals surface area contributed by atoms with Gasteiger partial charge in [0.15, 0.2) is 0 Å². The maximum atomic E-state index is 11.1. The summed E-state index contributed by atoms with van der Waals surface area (Å²) in [5.74, 6) is 0.646. The molecule has 0 saturated carbocycles. The molecule has 0 radical (unpaired) electrons. The zero-order chi connectivity index (χ0) is 26.9. The van der Waals surface area contributed by atoms with E-state index in [1.807, 2.05) is 0 Å². The summed E-state index contributed by atoms with van der Waals surface area (Å²) in [5, 5.41) is 0. The number of carbonyl (C=O) groups excluding carboxylic acids is 1. The lowest BCUT2D eigenvalue weighted by molar-refractivity contribution is -0.108. The Bertz CT molecular complexity index is 440. The Morgan fingerprint density at radius 2 is 0.703 bits per heavy atom. The van der Waals surface area contributed by atoms with Gasteiger partial charge in [-0.3, -0.25) is 0 Å². The molecule has 0 fully saturated rings. The molecule has 0 spiro atoms. The minimum Gasteiger partial charge on any atom is -0.303 e. The standard InChI is InChI=1S/C36H70O/c1-3-5-7-9-11-13-15-17-18-19-21-23-25-27-29-31-33-36(34-35-37)32-30-28-26-24-22-20-16-14-12-10-8-6-4-2/h20,22,35-36H,3-19,21,23-34H2,1-2H3/b22-20-. The van der Waals surface area contributed by atoms with Crippen molar-refractivity contribution in [2.45, 2.75) is 206 Å². The normalized spacial score (nSPS) is 12.5. The molecule has 0 amide bonds. The molecule has 1 heteroatoms. The number of hydrogen-bond acceptors (Lipinski definition) is 1. The Balaban J connectivity index is 3.42. The SMILES string of the molecule is CCCCCCCC/C=C\CCCCCC(CC=O)CCCCCCCCCCCCCCCCCC. The largest absolute Gasteiger partial charge is 0.303 e. The lowest BCUT2D eigenvalue weighted by atomic mass is 9.92. The molecule has 37 heavy (non-hydrogen) atoms. The molecule has 1 nitrogen and oxygen atoms in total. The molecule has 0 rings (SSSR count). The highest BCUT2D eigenvalue weighted by Gasteiger charge is 2.08. The van der Waals surface area contributed by atoms with Crippen LogP contribution in [0, 0.1) is 5.92 Å². The van der Waals surface area contributed by atoms with Crippen molar-refractivity contribution in [2.75, 3.05) is 0 Å². The van der Waals surface area contributed by atoms with E-state index in [0.717, 1.165) is 6.42 Å². The van der Waals surface area contributed by atoms with Gasteiger partial charge >= 0.3 is 0 Å². The zero-order valence-electron chi connectivity index (χ0n) is 25.9. The Kier molecular flexibility index (Phi) is 32.9. The fraction of sp³-hybridized carbons (Fsp3) is 0.917. The maximum Gasteiger partial charge on any atom is 0.120 e. The highest BCUT2D eigenvalue weighted by molar-refractivity contribution is 5.49. The molecule has 0 aromatic heterocycles. The van der Waals surface area contributed by atoms with E-state index >= 15 is 0 Å². The monoisotopic (exact) mass is 519 g/mol. The molecule has 0 N–H and O–H groups in total. The molecule has 0 saturated heterocycles. The van der Waals surface area contributed by atoms with Gasteiger partial charge in [-0.15, -0.1) is 0 Å². The first-order valence-corrected chi connectivity index (χ1v) is 17.4. The molecule has 1 unspecified atom stereocenters. The van der Waals surface area contributed by atoms with Crippen molar-refractivity contribution in [1.29, 1.82) is 0 Å². The molecule has 0 aromatic rings. The molecule has 1 atom stereocenters. The highest BCUT2D eigenvalue weighted by Crippen LogP contribution is 2.21. The molecule has 0 aromatic carbocycles. The minimum absolute atomic E-state index is 0.646. The van der Waals surface area contributed by atoms with Crippen LogP contribution in [-0.4, -0.2) is 6.29 Å². The van der Waals surface area contributed by atoms with E-state index in [4.69, 9.17) is 0 Å². The maximum absolute atomic E-state index is 11.1. The van der Waals surface area contributed by atoms with E-state index in [0.29, 0.717) is 5.92 Å². The van der Waals surface area contributed by atoms with Gasteiger partial charge in [-0.2, -0.15) is 0 Å². The molecule has 0 aliphatic carbocycles. The second-order valence-corrected chi connectivity index (χ2v) is 12.0. The van der Waals surface area contributed by atoms with E-state index in [2.05, 4.69) is 26.0 Å². The number of carbonyl (C=O) groups is 1. The van der Waals surface area contributed by atoms with Crippen molar-refractivity contribution in [1.82, 2.24) is 0 Å². The molecule has 0 heterocycles. The summed E-state index contributed by atoms with van der Waals surface area (Å²) in [7, 11) is 0. The average molecular weight is 519 g/mol. The van der Waals surface area contributed by atoms with Gasteiger partial charge in [0.1, 0.15) is 6.29 Å². The molecular weight excluding hydrogens is 448 g/mol. The Hall–Kier alpha value is -0.590. The van der Waals surface area contributed by atoms with Crippen LogP contribution in [0.2, 0.25) is 0 Å². The van der Waals surface area contributed by atoms with Crippen LogP contribution in [0.5, 0.6) is 0 Å². The van der Waals surface area contributed by atoms with Crippen LogP contribution >= 0.6 is 0 Å². The van der Waals surface area contributed by atoms with Crippen LogP contribution in [0.3, 0.4) is 0 Å². The van der Waals surface area contributed by atoms with Crippen LogP contribution in [-0.2, 0) is 4.79 Å². The predicted octanol–water partition coefficient (Wildman–Crippen LogP) is 13.1. The van der Waals surface area contributed by atoms with Crippen LogP contribution in [0.25, 0.3) is 0 Å². The predicted molar refractivity (Wildman–Crippen MR) is 169 cm³/mol. The van der Waals surface area contributed by atoms with Crippen molar-refractivity contribution >= 4 is 6.29 Å². The lowest BCUT2D eigenvalue weighted by Crippen LogP contribution is -2.02. The third-order valence-corrected chi connectivity index (χ3v) is 8.27. The third-order valence-electron chi connectivity index (χ3n) is 8.27. The molecule has 0 bridgehead atoms. The summed E-state index contributed by atoms with van der Waals surface area (Å²) in [6.45, 7) is 4.58. The van der Waals surface area contributed by atoms with Gasteiger partial charge in [-0.05, 0) is 31.6 Å². The van der Waals surface area contributed by atoms with Crippen LogP contribution in [0.4, 0.5) is 0 Å². The first kappa shape index (κ1) is 36.4. The zero-order valence-corrected chi connectivity index (χ0v) is 25.9. The summed E-state index contributed by atoms with van der Waals surface area (Å²) in [4.78, 5) is 11.1. The van der Waals surface area contributed by atoms with Crippen LogP contribution < -0.4 is 0 Å². The lowest BCUT2D eigenvalue weighted by Gasteiger charge is -2.13. The summed E-state index contributed by atoms with van der Waals surface area (Å²) in [6, 6.07) is 0. The second kappa shape index (κ2) is 33.4. The van der Waals surface area contributed by atoms with Crippen molar-refractivity contribution in [3.8, 4) is 0 Å². The van der Waals surface area contributed by atoms with E-state index in [9.17, 15) is 4.79 Å². The summed E-state index contributed by atoms with van der Waals surface area (Å²) >= 11 is 0. The van der Waals surface area contributed by atoms with Crippen LogP contribution in [0.1, 0.15) is 206 Å². The molecule has 0 aliphatic rings. The van der Waals surface area contributed by atoms with Gasteiger partial charge in [0, 0.05) is 6.42 Å². The van der Waals surface area contributed by atoms with E-state index in [1.54, 1.807) is 0 Å². The van der Waals surface area contributed by atoms with Crippen LogP contribution in [0.15, 0.2) is 12.2 Å². The van der Waals surface area contributed by atoms with E-state index in [1.165, 1.54) is 192 Å². The Morgan fingerprint density at radius 3 is 1.05 bits per heavy atom. The molecule has 220 valence electrons. The number of allylic oxidation sites excluding steroid dienone is 2. The van der Waals surface area contributed by atoms with E-state index in [-0.39, 0.29) is 0 Å². The van der Waals surface area contributed by atoms with Gasteiger partial charge in [0.25, 0.3) is 0 Å². The first-order chi connectivity index (χ1) is 18.3. The van der Waals surface area contributed by atoms with Gasteiger partial charge in [-0.25, -0.2) is 0 Å². The first-order valence-electron chi connectivity index (χ1n) is 17.4. The summed E-state index contributed by atoms with van der Waals surface area (Å²) in [5.41, 5.74) is 0. The number of aldehydes is 1. The fourth-order valence-electron chi connectivity index (χ4n) is 5.65. The van der Waals surface area contributed by atoms with Gasteiger partial charge < -0.3 is 4.79 Å². The summed E-state index contributed by atoms with van der Waals surface area (Å²) < 4.78 is 0. The minimum atomic E-state index is 0.646. The van der Waals surface area contributed by atoms with Gasteiger partial charge in [0.05, 0.1) is 0 Å². The third kappa shape index (κ3) is 31.5. The van der Waals surface area contributed by atoms with Gasteiger partial charge in [-0.1, -0.05) is 187 Å². The Morgan fingerprint density at radius 1 is 0.405 bits per heavy atom. The van der Waals surface area contributed by atoms with Gasteiger partial charge in [0.2, 0.25) is 0 Å². The number of hydrogen-bond donors (Lipinski definition) is 0. The number of rotatable bonds is 32. The van der Waals surface area contributed by atoms with Crippen molar-refractivity contribution in [3.63, 3.8) is 0 Å². The second-order valence-electron chi connectivity index (χ2n) is 12.0. The molecule has 0 aliphatic heterocycles. The smallest absolute Gasteiger partial charge is 0.120 e.